The number of fused-ring (bicyclic) bond motifs is 1. The van der Waals surface area contributed by atoms with E-state index in [1.807, 2.05) is 6.20 Å². The molecule has 1 amide bonds. The lowest BCUT2D eigenvalue weighted by molar-refractivity contribution is -0.117. The number of nitrogens with one attached hydrogen (secondary N) is 2. The summed E-state index contributed by atoms with van der Waals surface area (Å²) in [6.07, 6.45) is 5.21. The van der Waals surface area contributed by atoms with Gasteiger partial charge in [-0.15, -0.1) is 0 Å². The molecule has 0 spiro atoms. The molecule has 0 atom stereocenters. The second kappa shape index (κ2) is 12.9. The van der Waals surface area contributed by atoms with Crippen LogP contribution in [0.1, 0.15) is 69.1 Å². The largest absolute Gasteiger partial charge is 0.385 e. The highest BCUT2D eigenvalue weighted by Crippen LogP contribution is 2.37. The first kappa shape index (κ1) is 30.2. The Morgan fingerprint density at radius 3 is 2.60 bits per heavy atom. The molecule has 3 aromatic rings. The van der Waals surface area contributed by atoms with Gasteiger partial charge in [-0.05, 0) is 91.5 Å². The van der Waals surface area contributed by atoms with Gasteiger partial charge in [0.15, 0.2) is 0 Å². The van der Waals surface area contributed by atoms with Crippen LogP contribution in [0.2, 0.25) is 0 Å². The molecular formula is C31H44N4O4S. The first-order chi connectivity index (χ1) is 19.0. The van der Waals surface area contributed by atoms with E-state index >= 15 is 0 Å². The number of piperidine rings is 1. The Hall–Kier alpha value is -2.72. The van der Waals surface area contributed by atoms with Crippen LogP contribution in [-0.4, -0.2) is 61.7 Å². The van der Waals surface area contributed by atoms with Crippen molar-refractivity contribution in [2.24, 2.45) is 5.73 Å². The van der Waals surface area contributed by atoms with E-state index in [9.17, 15) is 13.2 Å². The number of sulfonamides is 1. The summed E-state index contributed by atoms with van der Waals surface area (Å²) in [6.45, 7) is 8.81. The molecule has 40 heavy (non-hydrogen) atoms. The molecule has 8 nitrogen and oxygen atoms in total. The summed E-state index contributed by atoms with van der Waals surface area (Å²) in [5, 5.41) is 4.70. The predicted octanol–water partition coefficient (Wildman–Crippen LogP) is 4.69. The second-order valence-electron chi connectivity index (χ2n) is 11.6. The molecule has 9 heteroatoms. The van der Waals surface area contributed by atoms with Crippen molar-refractivity contribution < 1.29 is 17.9 Å². The molecule has 0 aliphatic carbocycles. The maximum absolute atomic E-state index is 12.8. The monoisotopic (exact) mass is 568 g/mol. The van der Waals surface area contributed by atoms with Crippen molar-refractivity contribution in [2.75, 3.05) is 32.6 Å². The number of hydrogen-bond donors (Lipinski definition) is 3. The molecule has 0 unspecified atom stereocenters. The molecule has 218 valence electrons. The third-order valence-electron chi connectivity index (χ3n) is 8.22. The van der Waals surface area contributed by atoms with E-state index in [0.717, 1.165) is 53.4 Å². The molecule has 1 aliphatic rings. The van der Waals surface area contributed by atoms with Crippen LogP contribution in [0.25, 0.3) is 22.0 Å². The Kier molecular flexibility index (Phi) is 9.72. The topological polar surface area (TPSA) is 118 Å². The van der Waals surface area contributed by atoms with Crippen LogP contribution in [0.5, 0.6) is 0 Å². The van der Waals surface area contributed by atoms with Crippen molar-refractivity contribution in [3.63, 3.8) is 0 Å². The molecule has 1 aromatic heterocycles. The molecular weight excluding hydrogens is 524 g/mol. The third kappa shape index (κ3) is 7.32. The normalized spacial score (nSPS) is 15.6. The van der Waals surface area contributed by atoms with Crippen molar-refractivity contribution in [1.29, 1.82) is 0 Å². The van der Waals surface area contributed by atoms with Crippen LogP contribution in [0.4, 0.5) is 0 Å². The third-order valence-corrected chi connectivity index (χ3v) is 10.2. The highest BCUT2D eigenvalue weighted by Gasteiger charge is 2.29. The zero-order chi connectivity index (χ0) is 28.9. The summed E-state index contributed by atoms with van der Waals surface area (Å²) in [6, 6.07) is 12.8. The van der Waals surface area contributed by atoms with E-state index in [0.29, 0.717) is 26.1 Å². The van der Waals surface area contributed by atoms with Gasteiger partial charge in [0.2, 0.25) is 15.9 Å². The number of amides is 1. The van der Waals surface area contributed by atoms with Crippen LogP contribution in [0.3, 0.4) is 0 Å². The lowest BCUT2D eigenvalue weighted by Gasteiger charge is -2.31. The van der Waals surface area contributed by atoms with Crippen LogP contribution in [-0.2, 0) is 32.5 Å². The number of ether oxygens (including phenoxy) is 1. The van der Waals surface area contributed by atoms with Gasteiger partial charge in [-0.2, -0.15) is 0 Å². The molecule has 1 aliphatic heterocycles. The lowest BCUT2D eigenvalue weighted by Crippen LogP contribution is -2.39. The number of carbonyl (C=O) groups excluding carboxylic acids is 1. The van der Waals surface area contributed by atoms with E-state index in [-0.39, 0.29) is 29.5 Å². The summed E-state index contributed by atoms with van der Waals surface area (Å²) in [5.41, 5.74) is 12.0. The number of hydrogen-bond acceptors (Lipinski definition) is 5. The van der Waals surface area contributed by atoms with Crippen molar-refractivity contribution >= 4 is 26.8 Å². The molecule has 2 heterocycles. The minimum Gasteiger partial charge on any atom is -0.385 e. The Bertz CT molecular complexity index is 1420. The number of nitrogens with zero attached hydrogens (tertiary/aromatic N) is 1. The maximum atomic E-state index is 12.8. The fraction of sp³-hybridized carbons (Fsp3) is 0.516. The highest BCUT2D eigenvalue weighted by molar-refractivity contribution is 7.89. The standard InChI is InChI=1S/C31H44N4O4S/c1-5-31(2,3)34-20-22-8-6-9-24(16-22)25-17-26(19-29(32)36)30-27(18-25)28(21-33-30)23-10-12-35(13-11-23)40(37,38)15-7-14-39-4/h6,8-9,16-18,21,23,33-34H,5,7,10-15,19-20H2,1-4H3,(H2,32,36). The van der Waals surface area contributed by atoms with Crippen LogP contribution in [0.15, 0.2) is 42.6 Å². The number of nitrogens with two attached hydrogens (primary N) is 1. The number of primary amides is 1. The molecule has 4 rings (SSSR count). The number of aromatic amines is 1. The summed E-state index contributed by atoms with van der Waals surface area (Å²) in [5.74, 6) is -0.0350. The minimum atomic E-state index is -3.28. The average molecular weight is 569 g/mol. The van der Waals surface area contributed by atoms with E-state index in [2.05, 4.69) is 67.5 Å². The van der Waals surface area contributed by atoms with E-state index in [1.165, 1.54) is 11.1 Å². The molecule has 2 aromatic carbocycles. The second-order valence-corrected chi connectivity index (χ2v) is 13.7. The molecule has 1 fully saturated rings. The lowest BCUT2D eigenvalue weighted by atomic mass is 9.88. The van der Waals surface area contributed by atoms with Gasteiger partial charge >= 0.3 is 0 Å². The fourth-order valence-corrected chi connectivity index (χ4v) is 6.95. The molecule has 0 saturated carbocycles. The average Bonchev–Trinajstić information content (AvgIpc) is 3.36. The smallest absolute Gasteiger partial charge is 0.221 e. The highest BCUT2D eigenvalue weighted by atomic mass is 32.2. The van der Waals surface area contributed by atoms with E-state index < -0.39 is 10.0 Å². The van der Waals surface area contributed by atoms with Gasteiger partial charge < -0.3 is 20.8 Å². The van der Waals surface area contributed by atoms with Crippen LogP contribution in [0, 0.1) is 0 Å². The van der Waals surface area contributed by atoms with Gasteiger partial charge in [-0.1, -0.05) is 25.1 Å². The Morgan fingerprint density at radius 2 is 1.93 bits per heavy atom. The van der Waals surface area contributed by atoms with Crippen molar-refractivity contribution in [1.82, 2.24) is 14.6 Å². The van der Waals surface area contributed by atoms with E-state index in [1.54, 1.807) is 11.4 Å². The number of benzene rings is 2. The summed E-state index contributed by atoms with van der Waals surface area (Å²) < 4.78 is 32.2. The van der Waals surface area contributed by atoms with E-state index in [4.69, 9.17) is 10.5 Å². The Labute approximate surface area is 238 Å². The first-order valence-electron chi connectivity index (χ1n) is 14.3. The number of rotatable bonds is 13. The van der Waals surface area contributed by atoms with Gasteiger partial charge in [-0.25, -0.2) is 12.7 Å². The van der Waals surface area contributed by atoms with Crippen molar-refractivity contribution in [3.05, 3.63) is 59.3 Å². The Balaban J connectivity index is 1.61. The number of H-pyrrole nitrogens is 1. The SMILES string of the molecule is CCC(C)(C)NCc1cccc(-c2cc(CC(N)=O)c3[nH]cc(C4CCN(S(=O)(=O)CCCOC)CC4)c3c2)c1. The number of methoxy groups -OCH3 is 1. The minimum absolute atomic E-state index is 0.0580. The van der Waals surface area contributed by atoms with Crippen LogP contribution >= 0.6 is 0 Å². The van der Waals surface area contributed by atoms with Gasteiger partial charge in [0.05, 0.1) is 12.2 Å². The van der Waals surface area contributed by atoms with Gasteiger partial charge in [0.25, 0.3) is 0 Å². The Morgan fingerprint density at radius 1 is 1.18 bits per heavy atom. The first-order valence-corrected chi connectivity index (χ1v) is 15.9. The van der Waals surface area contributed by atoms with Crippen molar-refractivity contribution in [3.8, 4) is 11.1 Å². The van der Waals surface area contributed by atoms with Crippen LogP contribution < -0.4 is 11.1 Å². The van der Waals surface area contributed by atoms with Gasteiger partial charge in [-0.3, -0.25) is 4.79 Å². The molecule has 0 radical (unpaired) electrons. The number of aromatic nitrogens is 1. The molecule has 1 saturated heterocycles. The van der Waals surface area contributed by atoms with Gasteiger partial charge in [0.1, 0.15) is 0 Å². The van der Waals surface area contributed by atoms with Gasteiger partial charge in [0, 0.05) is 56.0 Å². The molecule has 0 bridgehead atoms. The zero-order valence-corrected chi connectivity index (χ0v) is 25.1. The van der Waals surface area contributed by atoms with Crippen molar-refractivity contribution in [2.45, 2.75) is 70.9 Å². The summed E-state index contributed by atoms with van der Waals surface area (Å²) >= 11 is 0. The predicted molar refractivity (Wildman–Crippen MR) is 162 cm³/mol. The maximum Gasteiger partial charge on any atom is 0.221 e. The summed E-state index contributed by atoms with van der Waals surface area (Å²) in [4.78, 5) is 15.4. The summed E-state index contributed by atoms with van der Waals surface area (Å²) in [7, 11) is -1.70. The zero-order valence-electron chi connectivity index (χ0n) is 24.3. The quantitative estimate of drug-likeness (QED) is 0.259. The number of carbonyl (C=O) groups is 1. The fourth-order valence-electron chi connectivity index (χ4n) is 5.45. The molecule has 4 N–H and O–H groups in total.